The molecule has 0 aliphatic heterocycles. The van der Waals surface area contributed by atoms with Crippen LogP contribution < -0.4 is 10.2 Å². The number of benzene rings is 1. The molecule has 2 aromatic rings. The Morgan fingerprint density at radius 2 is 1.74 bits per heavy atom. The Labute approximate surface area is 135 Å². The van der Waals surface area contributed by atoms with E-state index in [1.165, 1.54) is 24.5 Å². The summed E-state index contributed by atoms with van der Waals surface area (Å²) >= 11 is 0. The highest BCUT2D eigenvalue weighted by molar-refractivity contribution is 5.93. The van der Waals surface area contributed by atoms with Gasteiger partial charge in [-0.05, 0) is 38.0 Å². The fourth-order valence-electron chi connectivity index (χ4n) is 2.18. The zero-order valence-corrected chi connectivity index (χ0v) is 13.4. The molecule has 0 bridgehead atoms. The van der Waals surface area contributed by atoms with E-state index in [2.05, 4.69) is 15.3 Å². The molecule has 5 nitrogen and oxygen atoms in total. The van der Waals surface area contributed by atoms with Crippen LogP contribution >= 0.6 is 0 Å². The minimum atomic E-state index is -0.261. The van der Waals surface area contributed by atoms with Crippen molar-refractivity contribution in [2.45, 2.75) is 20.3 Å². The zero-order valence-electron chi connectivity index (χ0n) is 13.4. The number of nitrogens with zero attached hydrogens (tertiary/aromatic N) is 3. The number of rotatable bonds is 7. The minimum Gasteiger partial charge on any atom is -0.352 e. The number of nitrogens with one attached hydrogen (secondary N) is 1. The third-order valence-corrected chi connectivity index (χ3v) is 3.56. The Morgan fingerprint density at radius 3 is 2.30 bits per heavy atom. The van der Waals surface area contributed by atoms with Crippen molar-refractivity contribution in [3.8, 4) is 0 Å². The van der Waals surface area contributed by atoms with Crippen LogP contribution in [0.1, 0.15) is 29.8 Å². The highest BCUT2D eigenvalue weighted by atomic mass is 19.1. The van der Waals surface area contributed by atoms with Crippen molar-refractivity contribution in [3.63, 3.8) is 0 Å². The molecule has 0 atom stereocenters. The molecule has 1 amide bonds. The molecule has 0 saturated heterocycles. The lowest BCUT2D eigenvalue weighted by molar-refractivity contribution is 0.0953. The van der Waals surface area contributed by atoms with Crippen molar-refractivity contribution >= 4 is 11.9 Å². The topological polar surface area (TPSA) is 58.1 Å². The van der Waals surface area contributed by atoms with Crippen molar-refractivity contribution in [1.82, 2.24) is 15.3 Å². The van der Waals surface area contributed by atoms with Gasteiger partial charge in [0.2, 0.25) is 5.95 Å². The van der Waals surface area contributed by atoms with Crippen LogP contribution in [0, 0.1) is 5.82 Å². The molecule has 0 aliphatic rings. The first-order valence-corrected chi connectivity index (χ1v) is 7.73. The van der Waals surface area contributed by atoms with Gasteiger partial charge >= 0.3 is 0 Å². The third kappa shape index (κ3) is 4.74. The van der Waals surface area contributed by atoms with E-state index in [0.29, 0.717) is 24.5 Å². The Balaban J connectivity index is 1.86. The van der Waals surface area contributed by atoms with Crippen LogP contribution in [0.15, 0.2) is 36.7 Å². The average Bonchev–Trinajstić information content (AvgIpc) is 2.58. The zero-order chi connectivity index (χ0) is 16.7. The lowest BCUT2D eigenvalue weighted by Gasteiger charge is -2.17. The molecule has 0 saturated carbocycles. The molecule has 0 spiro atoms. The summed E-state index contributed by atoms with van der Waals surface area (Å²) in [5.41, 5.74) is 1.40. The Hall–Kier alpha value is -2.50. The summed E-state index contributed by atoms with van der Waals surface area (Å²) in [5.74, 6) is 0.152. The van der Waals surface area contributed by atoms with Crippen molar-refractivity contribution in [1.29, 1.82) is 0 Å². The first kappa shape index (κ1) is 16.9. The van der Waals surface area contributed by atoms with Crippen LogP contribution in [0.3, 0.4) is 0 Å². The summed E-state index contributed by atoms with van der Waals surface area (Å²) in [4.78, 5) is 22.5. The fraction of sp³-hybridized carbons (Fsp3) is 0.353. The minimum absolute atomic E-state index is 0.210. The van der Waals surface area contributed by atoms with Crippen LogP contribution in [0.2, 0.25) is 0 Å². The van der Waals surface area contributed by atoms with E-state index in [1.54, 1.807) is 12.1 Å². The normalized spacial score (nSPS) is 10.4. The monoisotopic (exact) mass is 316 g/mol. The Bertz CT molecular complexity index is 624. The van der Waals surface area contributed by atoms with Crippen LogP contribution in [0.25, 0.3) is 0 Å². The second-order valence-electron chi connectivity index (χ2n) is 5.08. The number of carbonyl (C=O) groups excluding carboxylic acids is 1. The predicted molar refractivity (Wildman–Crippen MR) is 88.0 cm³/mol. The molecule has 1 aromatic carbocycles. The summed E-state index contributed by atoms with van der Waals surface area (Å²) in [6.07, 6.45) is 3.71. The SMILES string of the molecule is CCN(CC)c1ncc(C(=O)NCCc2ccc(F)cc2)cn1. The maximum Gasteiger partial charge on any atom is 0.254 e. The number of carbonyl (C=O) groups is 1. The maximum absolute atomic E-state index is 12.8. The molecule has 23 heavy (non-hydrogen) atoms. The molecular weight excluding hydrogens is 295 g/mol. The van der Waals surface area contributed by atoms with Crippen LogP contribution in [0.5, 0.6) is 0 Å². The van der Waals surface area contributed by atoms with Crippen molar-refractivity contribution in [3.05, 3.63) is 53.6 Å². The molecule has 0 aliphatic carbocycles. The maximum atomic E-state index is 12.8. The number of hydrogen-bond donors (Lipinski definition) is 1. The number of hydrogen-bond acceptors (Lipinski definition) is 4. The van der Waals surface area contributed by atoms with Crippen molar-refractivity contribution < 1.29 is 9.18 Å². The van der Waals surface area contributed by atoms with E-state index in [4.69, 9.17) is 0 Å². The predicted octanol–water partition coefficient (Wildman–Crippen LogP) is 2.43. The standard InChI is InChI=1S/C17H21FN4O/c1-3-22(4-2)17-20-11-14(12-21-17)16(23)19-10-9-13-5-7-15(18)8-6-13/h5-8,11-12H,3-4,9-10H2,1-2H3,(H,19,23). The lowest BCUT2D eigenvalue weighted by Crippen LogP contribution is -2.27. The van der Waals surface area contributed by atoms with Gasteiger partial charge in [-0.25, -0.2) is 14.4 Å². The molecule has 0 fully saturated rings. The van der Waals surface area contributed by atoms with Gasteiger partial charge in [-0.15, -0.1) is 0 Å². The molecule has 6 heteroatoms. The van der Waals surface area contributed by atoms with E-state index in [-0.39, 0.29) is 11.7 Å². The average molecular weight is 316 g/mol. The summed E-state index contributed by atoms with van der Waals surface area (Å²) in [6, 6.07) is 6.25. The first-order chi connectivity index (χ1) is 11.1. The van der Waals surface area contributed by atoms with Gasteiger partial charge in [-0.2, -0.15) is 0 Å². The first-order valence-electron chi connectivity index (χ1n) is 7.73. The van der Waals surface area contributed by atoms with Crippen LogP contribution in [-0.2, 0) is 6.42 Å². The van der Waals surface area contributed by atoms with Gasteiger partial charge in [0.15, 0.2) is 0 Å². The van der Waals surface area contributed by atoms with Crippen LogP contribution in [-0.4, -0.2) is 35.5 Å². The summed E-state index contributed by atoms with van der Waals surface area (Å²) in [5, 5.41) is 2.81. The molecule has 1 aromatic heterocycles. The summed E-state index contributed by atoms with van der Waals surface area (Å²) in [7, 11) is 0. The van der Waals surface area contributed by atoms with Gasteiger partial charge in [-0.3, -0.25) is 4.79 Å². The van der Waals surface area contributed by atoms with Gasteiger partial charge in [0.05, 0.1) is 5.56 Å². The highest BCUT2D eigenvalue weighted by Gasteiger charge is 2.09. The van der Waals surface area contributed by atoms with Gasteiger partial charge in [0.25, 0.3) is 5.91 Å². The van der Waals surface area contributed by atoms with E-state index < -0.39 is 0 Å². The fourth-order valence-corrected chi connectivity index (χ4v) is 2.18. The largest absolute Gasteiger partial charge is 0.352 e. The molecular formula is C17H21FN4O. The van der Waals surface area contributed by atoms with Crippen molar-refractivity contribution in [2.24, 2.45) is 0 Å². The Morgan fingerprint density at radius 1 is 1.13 bits per heavy atom. The van der Waals surface area contributed by atoms with E-state index in [0.717, 1.165) is 18.7 Å². The summed E-state index contributed by atoms with van der Waals surface area (Å²) < 4.78 is 12.8. The van der Waals surface area contributed by atoms with Gasteiger partial charge in [0.1, 0.15) is 5.82 Å². The molecule has 122 valence electrons. The van der Waals surface area contributed by atoms with E-state index >= 15 is 0 Å². The van der Waals surface area contributed by atoms with Crippen molar-refractivity contribution in [2.75, 3.05) is 24.5 Å². The van der Waals surface area contributed by atoms with Gasteiger partial charge < -0.3 is 10.2 Å². The van der Waals surface area contributed by atoms with E-state index in [9.17, 15) is 9.18 Å². The third-order valence-electron chi connectivity index (χ3n) is 3.56. The second kappa shape index (κ2) is 8.22. The molecule has 0 unspecified atom stereocenters. The smallest absolute Gasteiger partial charge is 0.254 e. The highest BCUT2D eigenvalue weighted by Crippen LogP contribution is 2.07. The number of halogens is 1. The number of aromatic nitrogens is 2. The lowest BCUT2D eigenvalue weighted by atomic mass is 10.1. The summed E-state index contributed by atoms with van der Waals surface area (Å²) in [6.45, 7) is 6.17. The van der Waals surface area contributed by atoms with Gasteiger partial charge in [-0.1, -0.05) is 12.1 Å². The molecule has 1 heterocycles. The van der Waals surface area contributed by atoms with Gasteiger partial charge in [0, 0.05) is 32.0 Å². The second-order valence-corrected chi connectivity index (χ2v) is 5.08. The Kier molecular flexibility index (Phi) is 6.02. The molecule has 0 radical (unpaired) electrons. The van der Waals surface area contributed by atoms with Crippen LogP contribution in [0.4, 0.5) is 10.3 Å². The number of anilines is 1. The quantitative estimate of drug-likeness (QED) is 0.852. The molecule has 2 rings (SSSR count). The molecule has 1 N–H and O–H groups in total. The number of amides is 1. The van der Waals surface area contributed by atoms with E-state index in [1.807, 2.05) is 18.7 Å².